The molecule has 3 heterocycles. The Labute approximate surface area is 178 Å². The van der Waals surface area contributed by atoms with Crippen LogP contribution in [0.4, 0.5) is 20.9 Å². The third-order valence-corrected chi connectivity index (χ3v) is 5.73. The van der Waals surface area contributed by atoms with Crippen LogP contribution in [0.3, 0.4) is 0 Å². The maximum Gasteiger partial charge on any atom is 0.227 e. The maximum absolute atomic E-state index is 14.7. The van der Waals surface area contributed by atoms with Gasteiger partial charge < -0.3 is 15.0 Å². The standard InChI is InChI=1S/C21H24FN5O2S/c1-3-29-10-9-26-12-18(14(2)25-26)23-21-24-19(13-30-21)16-7-6-15(11-17(16)22)27-8-4-5-20(27)28/h6-7,11-13H,3-5,8-10H2,1-2H3,(H,23,24). The molecule has 1 saturated heterocycles. The Hall–Kier alpha value is -2.78. The molecule has 0 bridgehead atoms. The van der Waals surface area contributed by atoms with E-state index in [9.17, 15) is 9.18 Å². The second-order valence-corrected chi connectivity index (χ2v) is 7.92. The molecule has 3 aromatic rings. The number of rotatable bonds is 8. The third kappa shape index (κ3) is 4.36. The van der Waals surface area contributed by atoms with Gasteiger partial charge in [-0.3, -0.25) is 9.48 Å². The lowest BCUT2D eigenvalue weighted by Gasteiger charge is -2.16. The minimum atomic E-state index is -0.385. The van der Waals surface area contributed by atoms with Crippen LogP contribution in [0.25, 0.3) is 11.3 Å². The molecule has 0 saturated carbocycles. The number of nitrogens with zero attached hydrogens (tertiary/aromatic N) is 4. The summed E-state index contributed by atoms with van der Waals surface area (Å²) < 4.78 is 21.9. The first-order valence-electron chi connectivity index (χ1n) is 10.00. The SMILES string of the molecule is CCOCCn1cc(Nc2nc(-c3ccc(N4CCCC4=O)cc3F)cs2)c(C)n1. The number of halogens is 1. The number of ether oxygens (including phenoxy) is 1. The number of aromatic nitrogens is 3. The van der Waals surface area contributed by atoms with Gasteiger partial charge in [0.15, 0.2) is 5.13 Å². The summed E-state index contributed by atoms with van der Waals surface area (Å²) in [5.41, 5.74) is 3.28. The van der Waals surface area contributed by atoms with Gasteiger partial charge in [-0.05, 0) is 38.5 Å². The molecule has 1 amide bonds. The van der Waals surface area contributed by atoms with Gasteiger partial charge in [-0.2, -0.15) is 5.10 Å². The molecule has 1 aliphatic heterocycles. The van der Waals surface area contributed by atoms with Gasteiger partial charge in [-0.15, -0.1) is 11.3 Å². The van der Waals surface area contributed by atoms with Crippen LogP contribution in [0.2, 0.25) is 0 Å². The number of nitrogens with one attached hydrogen (secondary N) is 1. The first-order chi connectivity index (χ1) is 14.5. The van der Waals surface area contributed by atoms with Crippen LogP contribution in [0.5, 0.6) is 0 Å². The third-order valence-electron chi connectivity index (χ3n) is 4.97. The highest BCUT2D eigenvalue weighted by molar-refractivity contribution is 7.14. The molecule has 158 valence electrons. The normalized spacial score (nSPS) is 14.0. The summed E-state index contributed by atoms with van der Waals surface area (Å²) in [4.78, 5) is 18.1. The van der Waals surface area contributed by atoms with E-state index < -0.39 is 0 Å². The second kappa shape index (κ2) is 8.93. The summed E-state index contributed by atoms with van der Waals surface area (Å²) in [5.74, 6) is -0.344. The molecule has 0 aliphatic carbocycles. The predicted molar refractivity (Wildman–Crippen MR) is 116 cm³/mol. The Morgan fingerprint density at radius 2 is 2.23 bits per heavy atom. The van der Waals surface area contributed by atoms with Crippen LogP contribution in [-0.2, 0) is 16.1 Å². The fourth-order valence-electron chi connectivity index (χ4n) is 3.43. The molecule has 1 aliphatic rings. The number of aryl methyl sites for hydroxylation is 1. The summed E-state index contributed by atoms with van der Waals surface area (Å²) in [7, 11) is 0. The monoisotopic (exact) mass is 429 g/mol. The summed E-state index contributed by atoms with van der Waals surface area (Å²) in [6.07, 6.45) is 3.24. The molecule has 9 heteroatoms. The van der Waals surface area contributed by atoms with E-state index in [1.807, 2.05) is 30.1 Å². The van der Waals surface area contributed by atoms with Crippen molar-refractivity contribution in [2.45, 2.75) is 33.2 Å². The molecule has 0 atom stereocenters. The van der Waals surface area contributed by atoms with Crippen LogP contribution in [-0.4, -0.2) is 40.4 Å². The zero-order valence-electron chi connectivity index (χ0n) is 17.0. The Kier molecular flexibility index (Phi) is 6.10. The van der Waals surface area contributed by atoms with Crippen LogP contribution in [0.1, 0.15) is 25.5 Å². The topological polar surface area (TPSA) is 72.3 Å². The van der Waals surface area contributed by atoms with E-state index in [4.69, 9.17) is 4.74 Å². The smallest absolute Gasteiger partial charge is 0.227 e. The molecule has 1 fully saturated rings. The Bertz CT molecular complexity index is 1050. The average molecular weight is 430 g/mol. The fourth-order valence-corrected chi connectivity index (χ4v) is 4.15. The molecular formula is C21H24FN5O2S. The van der Waals surface area contributed by atoms with E-state index in [1.54, 1.807) is 17.0 Å². The number of thiazole rings is 1. The molecule has 0 unspecified atom stereocenters. The predicted octanol–water partition coefficient (Wildman–Crippen LogP) is 4.36. The van der Waals surface area contributed by atoms with Gasteiger partial charge >= 0.3 is 0 Å². The van der Waals surface area contributed by atoms with Gasteiger partial charge in [0.25, 0.3) is 0 Å². The van der Waals surface area contributed by atoms with E-state index in [-0.39, 0.29) is 11.7 Å². The van der Waals surface area contributed by atoms with E-state index in [1.165, 1.54) is 17.4 Å². The van der Waals surface area contributed by atoms with Gasteiger partial charge in [0.05, 0.1) is 30.2 Å². The van der Waals surface area contributed by atoms with Crippen molar-refractivity contribution < 1.29 is 13.9 Å². The van der Waals surface area contributed by atoms with Crippen molar-refractivity contribution in [1.82, 2.24) is 14.8 Å². The number of hydrogen-bond donors (Lipinski definition) is 1. The summed E-state index contributed by atoms with van der Waals surface area (Å²) in [5, 5.41) is 10.2. The largest absolute Gasteiger partial charge is 0.380 e. The van der Waals surface area contributed by atoms with Crippen LogP contribution < -0.4 is 10.2 Å². The number of benzene rings is 1. The lowest BCUT2D eigenvalue weighted by Crippen LogP contribution is -2.23. The summed E-state index contributed by atoms with van der Waals surface area (Å²) in [6.45, 7) is 6.49. The number of anilines is 3. The zero-order valence-corrected chi connectivity index (χ0v) is 17.8. The van der Waals surface area contributed by atoms with Crippen LogP contribution in [0, 0.1) is 12.7 Å². The Balaban J connectivity index is 1.47. The van der Waals surface area contributed by atoms with Crippen molar-refractivity contribution in [3.63, 3.8) is 0 Å². The highest BCUT2D eigenvalue weighted by Gasteiger charge is 2.23. The van der Waals surface area contributed by atoms with E-state index in [0.29, 0.717) is 54.8 Å². The number of carbonyl (C=O) groups is 1. The lowest BCUT2D eigenvalue weighted by molar-refractivity contribution is -0.117. The quantitative estimate of drug-likeness (QED) is 0.539. The first kappa shape index (κ1) is 20.5. The Morgan fingerprint density at radius 1 is 1.37 bits per heavy atom. The minimum absolute atomic E-state index is 0.0412. The summed E-state index contributed by atoms with van der Waals surface area (Å²) >= 11 is 1.40. The minimum Gasteiger partial charge on any atom is -0.380 e. The zero-order chi connectivity index (χ0) is 21.1. The van der Waals surface area contributed by atoms with Crippen LogP contribution >= 0.6 is 11.3 Å². The van der Waals surface area contributed by atoms with Gasteiger partial charge in [-0.25, -0.2) is 9.37 Å². The van der Waals surface area contributed by atoms with Crippen molar-refractivity contribution >= 4 is 33.8 Å². The van der Waals surface area contributed by atoms with Gasteiger partial charge in [0.1, 0.15) is 5.82 Å². The molecular weight excluding hydrogens is 405 g/mol. The highest BCUT2D eigenvalue weighted by Crippen LogP contribution is 2.32. The molecule has 1 N–H and O–H groups in total. The van der Waals surface area contributed by atoms with E-state index in [0.717, 1.165) is 17.8 Å². The molecule has 7 nitrogen and oxygen atoms in total. The average Bonchev–Trinajstić information content (AvgIpc) is 3.44. The molecule has 0 radical (unpaired) electrons. The second-order valence-electron chi connectivity index (χ2n) is 7.06. The Morgan fingerprint density at radius 3 is 2.97 bits per heavy atom. The van der Waals surface area contributed by atoms with Crippen molar-refractivity contribution in [2.75, 3.05) is 30.0 Å². The van der Waals surface area contributed by atoms with Gasteiger partial charge in [-0.1, -0.05) is 0 Å². The molecule has 4 rings (SSSR count). The van der Waals surface area contributed by atoms with Crippen molar-refractivity contribution in [3.05, 3.63) is 41.3 Å². The van der Waals surface area contributed by atoms with Gasteiger partial charge in [0, 0.05) is 42.4 Å². The number of hydrogen-bond acceptors (Lipinski definition) is 6. The van der Waals surface area contributed by atoms with Gasteiger partial charge in [0.2, 0.25) is 5.91 Å². The van der Waals surface area contributed by atoms with Crippen LogP contribution in [0.15, 0.2) is 29.8 Å². The fraction of sp³-hybridized carbons (Fsp3) is 0.381. The van der Waals surface area contributed by atoms with Crippen molar-refractivity contribution in [1.29, 1.82) is 0 Å². The molecule has 0 spiro atoms. The van der Waals surface area contributed by atoms with E-state index in [2.05, 4.69) is 15.4 Å². The van der Waals surface area contributed by atoms with Crippen molar-refractivity contribution in [3.8, 4) is 11.3 Å². The maximum atomic E-state index is 14.7. The van der Waals surface area contributed by atoms with E-state index >= 15 is 0 Å². The molecule has 1 aromatic carbocycles. The number of carbonyl (C=O) groups excluding carboxylic acids is 1. The summed E-state index contributed by atoms with van der Waals surface area (Å²) in [6, 6.07) is 4.88. The van der Waals surface area contributed by atoms with Crippen molar-refractivity contribution in [2.24, 2.45) is 0 Å². The highest BCUT2D eigenvalue weighted by atomic mass is 32.1. The number of amides is 1. The molecule has 2 aromatic heterocycles. The first-order valence-corrected chi connectivity index (χ1v) is 10.9. The molecule has 30 heavy (non-hydrogen) atoms. The lowest BCUT2D eigenvalue weighted by atomic mass is 10.1.